The second-order valence-corrected chi connectivity index (χ2v) is 6.03. The minimum atomic E-state index is -0.0148. The van der Waals surface area contributed by atoms with Gasteiger partial charge in [0.15, 0.2) is 0 Å². The Kier molecular flexibility index (Phi) is 4.69. The first-order valence-corrected chi connectivity index (χ1v) is 8.36. The summed E-state index contributed by atoms with van der Waals surface area (Å²) >= 11 is 0. The zero-order valence-electron chi connectivity index (χ0n) is 14.2. The van der Waals surface area contributed by atoms with Gasteiger partial charge in [-0.1, -0.05) is 6.92 Å². The quantitative estimate of drug-likeness (QED) is 0.924. The summed E-state index contributed by atoms with van der Waals surface area (Å²) < 4.78 is 1.87. The van der Waals surface area contributed by atoms with Crippen LogP contribution in [0.4, 0.5) is 0 Å². The summed E-state index contributed by atoms with van der Waals surface area (Å²) in [6, 6.07) is 3.58. The molecule has 0 unspecified atom stereocenters. The number of aromatic nitrogens is 3. The van der Waals surface area contributed by atoms with Gasteiger partial charge in [0.1, 0.15) is 5.69 Å². The summed E-state index contributed by atoms with van der Waals surface area (Å²) in [5.74, 6) is -0.0131. The van der Waals surface area contributed by atoms with E-state index in [0.29, 0.717) is 37.4 Å². The molecule has 3 rings (SSSR count). The van der Waals surface area contributed by atoms with Gasteiger partial charge in [-0.3, -0.25) is 14.3 Å². The van der Waals surface area contributed by atoms with E-state index in [1.54, 1.807) is 28.3 Å². The number of hydrogen-bond acceptors (Lipinski definition) is 3. The van der Waals surface area contributed by atoms with E-state index in [1.807, 2.05) is 17.7 Å². The van der Waals surface area contributed by atoms with Crippen LogP contribution in [0.5, 0.6) is 0 Å². The zero-order chi connectivity index (χ0) is 17.1. The summed E-state index contributed by atoms with van der Waals surface area (Å²) in [4.78, 5) is 31.5. The standard InChI is InChI=1S/C17H23N5O2/c1-3-7-22-13(2)14(12-19-22)16(23)20-8-10-21(11-9-20)17(24)15-5-4-6-18-15/h4-6,12,18H,3,7-11H2,1-2H3. The van der Waals surface area contributed by atoms with Gasteiger partial charge in [0.2, 0.25) is 0 Å². The Labute approximate surface area is 141 Å². The average Bonchev–Trinajstić information content (AvgIpc) is 3.25. The molecule has 2 amide bonds. The molecular formula is C17H23N5O2. The van der Waals surface area contributed by atoms with Crippen LogP contribution in [0.15, 0.2) is 24.5 Å². The number of rotatable bonds is 4. The Morgan fingerprint density at radius 2 is 1.83 bits per heavy atom. The first kappa shape index (κ1) is 16.3. The van der Waals surface area contributed by atoms with Crippen LogP contribution >= 0.6 is 0 Å². The number of nitrogens with zero attached hydrogens (tertiary/aromatic N) is 4. The second kappa shape index (κ2) is 6.90. The maximum Gasteiger partial charge on any atom is 0.270 e. The van der Waals surface area contributed by atoms with Crippen molar-refractivity contribution in [2.24, 2.45) is 0 Å². The number of carbonyl (C=O) groups is 2. The highest BCUT2D eigenvalue weighted by Crippen LogP contribution is 2.14. The minimum Gasteiger partial charge on any atom is -0.357 e. The fourth-order valence-electron chi connectivity index (χ4n) is 3.01. The van der Waals surface area contributed by atoms with Crippen LogP contribution in [-0.2, 0) is 6.54 Å². The number of piperazine rings is 1. The van der Waals surface area contributed by atoms with Crippen LogP contribution in [0.25, 0.3) is 0 Å². The van der Waals surface area contributed by atoms with Crippen molar-refractivity contribution in [2.75, 3.05) is 26.2 Å². The van der Waals surface area contributed by atoms with E-state index in [9.17, 15) is 9.59 Å². The SMILES string of the molecule is CCCn1ncc(C(=O)N2CCN(C(=O)c3ccc[nH]3)CC2)c1C. The number of amides is 2. The van der Waals surface area contributed by atoms with Gasteiger partial charge < -0.3 is 14.8 Å². The van der Waals surface area contributed by atoms with Gasteiger partial charge in [0, 0.05) is 44.6 Å². The number of hydrogen-bond donors (Lipinski definition) is 1. The lowest BCUT2D eigenvalue weighted by molar-refractivity contribution is 0.0532. The van der Waals surface area contributed by atoms with Crippen LogP contribution < -0.4 is 0 Å². The van der Waals surface area contributed by atoms with Crippen molar-refractivity contribution in [3.8, 4) is 0 Å². The molecule has 2 aromatic rings. The lowest BCUT2D eigenvalue weighted by Crippen LogP contribution is -2.50. The van der Waals surface area contributed by atoms with Crippen molar-refractivity contribution in [3.63, 3.8) is 0 Å². The molecule has 1 saturated heterocycles. The van der Waals surface area contributed by atoms with E-state index in [-0.39, 0.29) is 11.8 Å². The van der Waals surface area contributed by atoms with Gasteiger partial charge in [0.25, 0.3) is 11.8 Å². The van der Waals surface area contributed by atoms with E-state index in [2.05, 4.69) is 17.0 Å². The molecule has 7 heteroatoms. The molecule has 128 valence electrons. The van der Waals surface area contributed by atoms with Crippen LogP contribution in [0.2, 0.25) is 0 Å². The molecule has 1 fully saturated rings. The fraction of sp³-hybridized carbons (Fsp3) is 0.471. The molecule has 1 N–H and O–H groups in total. The predicted octanol–water partition coefficient (Wildman–Crippen LogP) is 1.53. The van der Waals surface area contributed by atoms with E-state index >= 15 is 0 Å². The van der Waals surface area contributed by atoms with Crippen LogP contribution in [-0.4, -0.2) is 62.6 Å². The Morgan fingerprint density at radius 1 is 1.17 bits per heavy atom. The molecule has 0 saturated carbocycles. The average molecular weight is 329 g/mol. The molecule has 7 nitrogen and oxygen atoms in total. The third-order valence-electron chi connectivity index (χ3n) is 4.45. The van der Waals surface area contributed by atoms with Crippen molar-refractivity contribution >= 4 is 11.8 Å². The highest BCUT2D eigenvalue weighted by Gasteiger charge is 2.27. The molecule has 0 radical (unpaired) electrons. The zero-order valence-corrected chi connectivity index (χ0v) is 14.2. The fourth-order valence-corrected chi connectivity index (χ4v) is 3.01. The van der Waals surface area contributed by atoms with E-state index in [4.69, 9.17) is 0 Å². The van der Waals surface area contributed by atoms with Gasteiger partial charge in [-0.15, -0.1) is 0 Å². The van der Waals surface area contributed by atoms with Gasteiger partial charge >= 0.3 is 0 Å². The molecule has 0 spiro atoms. The Hall–Kier alpha value is -2.57. The molecule has 0 aromatic carbocycles. The van der Waals surface area contributed by atoms with Crippen LogP contribution in [0.1, 0.15) is 39.9 Å². The smallest absolute Gasteiger partial charge is 0.270 e. The Bertz CT molecular complexity index is 711. The molecule has 2 aromatic heterocycles. The first-order valence-electron chi connectivity index (χ1n) is 8.36. The number of aryl methyl sites for hydroxylation is 1. The topological polar surface area (TPSA) is 74.2 Å². The number of aromatic amines is 1. The molecule has 1 aliphatic heterocycles. The second-order valence-electron chi connectivity index (χ2n) is 6.03. The normalized spacial score (nSPS) is 14.9. The monoisotopic (exact) mass is 329 g/mol. The van der Waals surface area contributed by atoms with Crippen molar-refractivity contribution in [1.29, 1.82) is 0 Å². The molecule has 3 heterocycles. The number of carbonyl (C=O) groups excluding carboxylic acids is 2. The maximum atomic E-state index is 12.7. The summed E-state index contributed by atoms with van der Waals surface area (Å²) in [7, 11) is 0. The third-order valence-corrected chi connectivity index (χ3v) is 4.45. The van der Waals surface area contributed by atoms with Crippen molar-refractivity contribution in [2.45, 2.75) is 26.8 Å². The molecule has 0 aliphatic carbocycles. The molecule has 0 bridgehead atoms. The minimum absolute atomic E-state index is 0.00169. The number of H-pyrrole nitrogens is 1. The van der Waals surface area contributed by atoms with Gasteiger partial charge in [-0.2, -0.15) is 5.10 Å². The van der Waals surface area contributed by atoms with E-state index in [0.717, 1.165) is 18.7 Å². The van der Waals surface area contributed by atoms with Crippen molar-refractivity contribution in [3.05, 3.63) is 41.5 Å². The lowest BCUT2D eigenvalue weighted by atomic mass is 10.2. The van der Waals surface area contributed by atoms with Gasteiger partial charge in [-0.05, 0) is 25.5 Å². The molecule has 1 aliphatic rings. The summed E-state index contributed by atoms with van der Waals surface area (Å²) in [6.07, 6.45) is 4.38. The first-order chi connectivity index (χ1) is 11.6. The lowest BCUT2D eigenvalue weighted by Gasteiger charge is -2.34. The maximum absolute atomic E-state index is 12.7. The van der Waals surface area contributed by atoms with Gasteiger partial charge in [0.05, 0.1) is 11.8 Å². The summed E-state index contributed by atoms with van der Waals surface area (Å²) in [5.41, 5.74) is 2.16. The van der Waals surface area contributed by atoms with E-state index < -0.39 is 0 Å². The predicted molar refractivity (Wildman–Crippen MR) is 89.9 cm³/mol. The molecular weight excluding hydrogens is 306 g/mol. The Balaban J connectivity index is 1.62. The summed E-state index contributed by atoms with van der Waals surface area (Å²) in [6.45, 7) is 7.02. The highest BCUT2D eigenvalue weighted by atomic mass is 16.2. The largest absolute Gasteiger partial charge is 0.357 e. The van der Waals surface area contributed by atoms with Crippen LogP contribution in [0, 0.1) is 6.92 Å². The molecule has 0 atom stereocenters. The number of nitrogens with one attached hydrogen (secondary N) is 1. The van der Waals surface area contributed by atoms with Crippen molar-refractivity contribution < 1.29 is 9.59 Å². The van der Waals surface area contributed by atoms with Crippen LogP contribution in [0.3, 0.4) is 0 Å². The molecule has 24 heavy (non-hydrogen) atoms. The van der Waals surface area contributed by atoms with Gasteiger partial charge in [-0.25, -0.2) is 0 Å². The van der Waals surface area contributed by atoms with E-state index in [1.165, 1.54) is 0 Å². The third kappa shape index (κ3) is 3.06. The highest BCUT2D eigenvalue weighted by molar-refractivity contribution is 5.96. The summed E-state index contributed by atoms with van der Waals surface area (Å²) in [5, 5.41) is 4.30. The Morgan fingerprint density at radius 3 is 2.42 bits per heavy atom. The van der Waals surface area contributed by atoms with Crippen molar-refractivity contribution in [1.82, 2.24) is 24.6 Å².